The van der Waals surface area contributed by atoms with Gasteiger partial charge < -0.3 is 5.32 Å². The summed E-state index contributed by atoms with van der Waals surface area (Å²) in [5.41, 5.74) is -0.650. The van der Waals surface area contributed by atoms with Crippen molar-refractivity contribution in [3.8, 4) is 17.7 Å². The Hall–Kier alpha value is -3.82. The summed E-state index contributed by atoms with van der Waals surface area (Å²) in [4.78, 5) is 24.6. The number of nitrogens with zero attached hydrogens (tertiary/aromatic N) is 7. The number of nitriles is 1. The molecule has 3 aromatic rings. The molecular formula is C24H21F5N8. The van der Waals surface area contributed by atoms with Crippen LogP contribution in [0.4, 0.5) is 33.6 Å². The minimum atomic E-state index is -4.69. The zero-order chi connectivity index (χ0) is 26.3. The van der Waals surface area contributed by atoms with Gasteiger partial charge in [-0.2, -0.15) is 28.4 Å². The van der Waals surface area contributed by atoms with Crippen molar-refractivity contribution in [2.24, 2.45) is 5.92 Å². The molecule has 1 N–H and O–H groups in total. The van der Waals surface area contributed by atoms with Gasteiger partial charge in [-0.1, -0.05) is 0 Å². The second-order valence-corrected chi connectivity index (χ2v) is 9.41. The Balaban J connectivity index is 1.45. The van der Waals surface area contributed by atoms with Gasteiger partial charge in [0.15, 0.2) is 5.82 Å². The maximum atomic E-state index is 13.6. The molecule has 192 valence electrons. The highest BCUT2D eigenvalue weighted by molar-refractivity contribution is 5.57. The van der Waals surface area contributed by atoms with Crippen molar-refractivity contribution < 1.29 is 22.0 Å². The van der Waals surface area contributed by atoms with Gasteiger partial charge in [0.2, 0.25) is 17.7 Å². The van der Waals surface area contributed by atoms with Gasteiger partial charge in [-0.25, -0.2) is 23.7 Å². The number of nitrogens with one attached hydrogen (secondary N) is 1. The van der Waals surface area contributed by atoms with Crippen molar-refractivity contribution in [3.63, 3.8) is 0 Å². The maximum absolute atomic E-state index is 13.6. The molecule has 2 saturated carbocycles. The van der Waals surface area contributed by atoms with E-state index in [1.807, 2.05) is 0 Å². The first-order chi connectivity index (χ1) is 17.6. The molecule has 1 atom stereocenters. The molecule has 0 aliphatic heterocycles. The van der Waals surface area contributed by atoms with Gasteiger partial charge in [0.05, 0.1) is 17.2 Å². The molecule has 0 amide bonds. The van der Waals surface area contributed by atoms with Gasteiger partial charge in [-0.3, -0.25) is 4.98 Å². The van der Waals surface area contributed by atoms with E-state index in [9.17, 15) is 27.2 Å². The summed E-state index contributed by atoms with van der Waals surface area (Å²) >= 11 is 0. The Bertz CT molecular complexity index is 1350. The van der Waals surface area contributed by atoms with Gasteiger partial charge in [0.1, 0.15) is 11.5 Å². The van der Waals surface area contributed by atoms with Crippen LogP contribution in [0.3, 0.4) is 0 Å². The minimum Gasteiger partial charge on any atom is -0.324 e. The quantitative estimate of drug-likeness (QED) is 0.415. The number of hydrogen-bond acceptors (Lipinski definition) is 8. The summed E-state index contributed by atoms with van der Waals surface area (Å²) in [5.74, 6) is -3.18. The smallest absolute Gasteiger partial charge is 0.324 e. The molecule has 2 aliphatic rings. The van der Waals surface area contributed by atoms with Gasteiger partial charge in [-0.05, 0) is 49.8 Å². The predicted molar refractivity (Wildman–Crippen MR) is 121 cm³/mol. The molecule has 0 aromatic carbocycles. The Morgan fingerprint density at radius 1 is 1.00 bits per heavy atom. The molecule has 0 saturated heterocycles. The molecular weight excluding hydrogens is 495 g/mol. The molecule has 5 rings (SSSR count). The third kappa shape index (κ3) is 5.63. The number of alkyl halides is 5. The molecule has 13 heteroatoms. The van der Waals surface area contributed by atoms with E-state index in [2.05, 4.69) is 41.3 Å². The first-order valence-electron chi connectivity index (χ1n) is 11.7. The van der Waals surface area contributed by atoms with E-state index >= 15 is 0 Å². The first-order valence-corrected chi connectivity index (χ1v) is 11.7. The van der Waals surface area contributed by atoms with E-state index in [1.54, 1.807) is 12.1 Å². The van der Waals surface area contributed by atoms with Crippen LogP contribution in [0.2, 0.25) is 0 Å². The van der Waals surface area contributed by atoms with Gasteiger partial charge in [0.25, 0.3) is 0 Å². The third-order valence-corrected chi connectivity index (χ3v) is 6.58. The lowest BCUT2D eigenvalue weighted by molar-refractivity contribution is -0.141. The van der Waals surface area contributed by atoms with Gasteiger partial charge in [0, 0.05) is 37.3 Å². The minimum absolute atomic E-state index is 0.0247. The Kier molecular flexibility index (Phi) is 6.21. The topological polar surface area (TPSA) is 113 Å². The number of hydrogen-bond donors (Lipinski definition) is 1. The van der Waals surface area contributed by atoms with E-state index < -0.39 is 23.2 Å². The van der Waals surface area contributed by atoms with Crippen LogP contribution in [0.5, 0.6) is 0 Å². The standard InChI is InChI=1S/C24H21F5N8/c25-23(26)6-3-14(12-23)1-2-18-35-20(19-32-10-5-16(34-19)24(27,28)29)37-21(36-18)33-15-4-9-31-17(11-15)22(13-30)7-8-22/h4-5,9-11,14H,1-3,6-8,12H2,(H,31,33,35,36,37)/t14-/m0/s1. The summed E-state index contributed by atoms with van der Waals surface area (Å²) in [6.45, 7) is 0. The summed E-state index contributed by atoms with van der Waals surface area (Å²) in [6, 6.07) is 6.35. The summed E-state index contributed by atoms with van der Waals surface area (Å²) in [5, 5.41) is 12.5. The van der Waals surface area contributed by atoms with E-state index in [4.69, 9.17) is 0 Å². The molecule has 37 heavy (non-hydrogen) atoms. The number of anilines is 2. The number of aromatic nitrogens is 6. The van der Waals surface area contributed by atoms with Crippen LogP contribution in [0.15, 0.2) is 30.6 Å². The largest absolute Gasteiger partial charge is 0.433 e. The summed E-state index contributed by atoms with van der Waals surface area (Å²) in [7, 11) is 0. The molecule has 0 bridgehead atoms. The fourth-order valence-electron chi connectivity index (χ4n) is 4.38. The van der Waals surface area contributed by atoms with Crippen molar-refractivity contribution in [1.29, 1.82) is 5.26 Å². The van der Waals surface area contributed by atoms with Crippen LogP contribution in [0.1, 0.15) is 55.7 Å². The van der Waals surface area contributed by atoms with Crippen LogP contribution in [-0.4, -0.2) is 35.8 Å². The van der Waals surface area contributed by atoms with Crippen LogP contribution in [0.25, 0.3) is 11.6 Å². The Morgan fingerprint density at radius 2 is 1.78 bits per heavy atom. The Labute approximate surface area is 208 Å². The normalized spacial score (nSPS) is 19.8. The lowest BCUT2D eigenvalue weighted by atomic mass is 10.0. The average Bonchev–Trinajstić information content (AvgIpc) is 3.59. The third-order valence-electron chi connectivity index (χ3n) is 6.58. The number of halogens is 5. The van der Waals surface area contributed by atoms with Gasteiger partial charge in [-0.15, -0.1) is 0 Å². The molecule has 0 spiro atoms. The van der Waals surface area contributed by atoms with E-state index in [0.29, 0.717) is 37.1 Å². The van der Waals surface area contributed by atoms with Crippen LogP contribution in [0, 0.1) is 17.2 Å². The zero-order valence-corrected chi connectivity index (χ0v) is 19.4. The summed E-state index contributed by atoms with van der Waals surface area (Å²) in [6.07, 6.45) is -0.159. The predicted octanol–water partition coefficient (Wildman–Crippen LogP) is 5.41. The van der Waals surface area contributed by atoms with Crippen molar-refractivity contribution in [1.82, 2.24) is 29.9 Å². The number of aryl methyl sites for hydroxylation is 1. The van der Waals surface area contributed by atoms with E-state index in [0.717, 1.165) is 12.3 Å². The van der Waals surface area contributed by atoms with Crippen molar-refractivity contribution >= 4 is 11.6 Å². The molecule has 0 unspecified atom stereocenters. The second-order valence-electron chi connectivity index (χ2n) is 9.41. The molecule has 3 aromatic heterocycles. The molecule has 2 aliphatic carbocycles. The number of pyridine rings is 1. The second kappa shape index (κ2) is 9.24. The molecule has 0 radical (unpaired) electrons. The monoisotopic (exact) mass is 516 g/mol. The lowest BCUT2D eigenvalue weighted by Crippen LogP contribution is -2.12. The van der Waals surface area contributed by atoms with Crippen LogP contribution >= 0.6 is 0 Å². The highest BCUT2D eigenvalue weighted by Gasteiger charge is 2.46. The molecule has 3 heterocycles. The molecule has 8 nitrogen and oxygen atoms in total. The first kappa shape index (κ1) is 24.9. The SMILES string of the molecule is N#CC1(c2cc(Nc3nc(CC[C@H]4CCC(F)(F)C4)nc(-c4nccc(C(F)(F)F)n4)n3)ccn2)CC1. The lowest BCUT2D eigenvalue weighted by Gasteiger charge is -2.13. The van der Waals surface area contributed by atoms with Crippen molar-refractivity contribution in [2.45, 2.75) is 62.5 Å². The Morgan fingerprint density at radius 3 is 2.46 bits per heavy atom. The fraction of sp³-hybridized carbons (Fsp3) is 0.458. The number of rotatable bonds is 7. The van der Waals surface area contributed by atoms with E-state index in [1.165, 1.54) is 6.20 Å². The van der Waals surface area contributed by atoms with Crippen LogP contribution in [-0.2, 0) is 18.0 Å². The van der Waals surface area contributed by atoms with Crippen molar-refractivity contribution in [2.75, 3.05) is 5.32 Å². The van der Waals surface area contributed by atoms with Crippen LogP contribution < -0.4 is 5.32 Å². The maximum Gasteiger partial charge on any atom is 0.433 e. The van der Waals surface area contributed by atoms with Gasteiger partial charge >= 0.3 is 6.18 Å². The average molecular weight is 516 g/mol. The zero-order valence-electron chi connectivity index (χ0n) is 19.4. The highest BCUT2D eigenvalue weighted by Crippen LogP contribution is 2.47. The van der Waals surface area contributed by atoms with E-state index in [-0.39, 0.29) is 48.6 Å². The van der Waals surface area contributed by atoms with Crippen molar-refractivity contribution in [3.05, 3.63) is 47.8 Å². The fourth-order valence-corrected chi connectivity index (χ4v) is 4.38. The molecule has 2 fully saturated rings. The highest BCUT2D eigenvalue weighted by atomic mass is 19.4. The summed E-state index contributed by atoms with van der Waals surface area (Å²) < 4.78 is 66.8.